The third kappa shape index (κ3) is 27.6. The molecule has 105 heavy (non-hydrogen) atoms. The number of ether oxygens (including phenoxy) is 6. The first-order valence-electron chi connectivity index (χ1n) is 30.0. The molecule has 0 radical (unpaired) electrons. The molecular formula is C62H63FO36S6. The number of aryl methyl sites for hydroxylation is 2. The second-order valence-electron chi connectivity index (χ2n) is 22.4. The fourth-order valence-electron chi connectivity index (χ4n) is 7.95. The number of carbonyl (C=O) groups is 6. The van der Waals surface area contributed by atoms with Crippen LogP contribution in [0.4, 0.5) is 4.39 Å². The van der Waals surface area contributed by atoms with Crippen molar-refractivity contribution < 1.29 is 162 Å². The highest BCUT2D eigenvalue weighted by Gasteiger charge is 2.42. The number of esters is 6. The molecular weight excluding hydrogens is 1530 g/mol. The number of hydrogen-bond donors (Lipinski definition) is 0. The summed E-state index contributed by atoms with van der Waals surface area (Å²) in [6, 6.07) is 43.3. The lowest BCUT2D eigenvalue weighted by Crippen LogP contribution is -2.28. The second-order valence-corrected chi connectivity index (χ2v) is 29.8. The fraction of sp³-hybridized carbons (Fsp3) is 0.323. The largest absolute Gasteiger partial charge is 0.456 e. The molecule has 6 aromatic rings. The van der Waals surface area contributed by atoms with Gasteiger partial charge in [0.1, 0.15) is 68.7 Å². The Morgan fingerprint density at radius 1 is 0.362 bits per heavy atom. The van der Waals surface area contributed by atoms with Crippen LogP contribution in [0.2, 0.25) is 0 Å². The van der Waals surface area contributed by atoms with Crippen molar-refractivity contribution in [1.29, 1.82) is 0 Å². The summed E-state index contributed by atoms with van der Waals surface area (Å²) >= 11 is 0. The van der Waals surface area contributed by atoms with Crippen molar-refractivity contribution in [2.75, 3.05) is 39.6 Å². The highest BCUT2D eigenvalue weighted by atomic mass is 32.3. The molecule has 6 aliphatic rings. The molecule has 6 aliphatic heterocycles. The Balaban J connectivity index is 0.000000176. The summed E-state index contributed by atoms with van der Waals surface area (Å²) in [6.07, 6.45) is -8.06. The van der Waals surface area contributed by atoms with E-state index in [1.807, 2.05) is 37.3 Å². The molecule has 0 aliphatic carbocycles. The molecule has 6 saturated heterocycles. The average Bonchev–Trinajstić information content (AvgIpc) is 1.74. The number of para-hydroxylation sites is 3. The van der Waals surface area contributed by atoms with E-state index in [0.29, 0.717) is 23.0 Å². The first-order valence-corrected chi connectivity index (χ1v) is 38.0. The minimum Gasteiger partial charge on any atom is -0.456 e. The summed E-state index contributed by atoms with van der Waals surface area (Å²) in [4.78, 5) is 69.2. The van der Waals surface area contributed by atoms with Gasteiger partial charge in [0, 0.05) is 0 Å². The van der Waals surface area contributed by atoms with E-state index in [-0.39, 0.29) is 44.2 Å². The third-order valence-corrected chi connectivity index (χ3v) is 18.6. The second kappa shape index (κ2) is 36.5. The molecule has 0 amide bonds. The van der Waals surface area contributed by atoms with Crippen LogP contribution < -0.4 is 23.7 Å². The van der Waals surface area contributed by atoms with Crippen LogP contribution in [0.5, 0.6) is 28.7 Å². The van der Waals surface area contributed by atoms with Gasteiger partial charge < -0.3 is 28.4 Å². The summed E-state index contributed by atoms with van der Waals surface area (Å²) in [5, 5.41) is 0. The molecule has 0 N–H and O–H groups in total. The molecule has 36 nitrogen and oxygen atoms in total. The van der Waals surface area contributed by atoms with Crippen LogP contribution in [0.15, 0.2) is 158 Å². The van der Waals surface area contributed by atoms with Crippen LogP contribution in [0, 0.1) is 19.7 Å². The van der Waals surface area contributed by atoms with Gasteiger partial charge >= 0.3 is 98.2 Å². The SMILES string of the molecule is CC(C)(C)c1ccc(OC(=O)C2COS(=O)(=O)O2)cc1.CC(OC(=O)C1COS(=O)(=O)O1)c1ccccc1.Cc1ccc(OC(=O)C2COS(=O)(=O)O2)cc1.Cc1ccccc1OC(=O)C1COS(=O)(=O)O1.O=C(Oc1ccccc1)C1COS(=O)(=O)O1.O=C(Oc1ccccc1F)C1COS(=O)(=O)O1. The van der Waals surface area contributed by atoms with Crippen molar-refractivity contribution in [1.82, 2.24) is 0 Å². The Bertz CT molecular complexity index is 4660. The van der Waals surface area contributed by atoms with Crippen molar-refractivity contribution in [3.63, 3.8) is 0 Å². The predicted octanol–water partition coefficient (Wildman–Crippen LogP) is 4.27. The van der Waals surface area contributed by atoms with E-state index in [0.717, 1.165) is 28.3 Å². The average molecular weight is 1600 g/mol. The first kappa shape index (κ1) is 83.6. The fourth-order valence-corrected chi connectivity index (χ4v) is 12.5. The first-order chi connectivity index (χ1) is 49.1. The van der Waals surface area contributed by atoms with E-state index in [9.17, 15) is 83.7 Å². The summed E-state index contributed by atoms with van der Waals surface area (Å²) in [6.45, 7) is 9.33. The quantitative estimate of drug-likeness (QED) is 0.115. The molecule has 6 fully saturated rings. The molecule has 0 bridgehead atoms. The van der Waals surface area contributed by atoms with Crippen molar-refractivity contribution in [3.05, 3.63) is 186 Å². The van der Waals surface area contributed by atoms with Gasteiger partial charge in [-0.15, -0.1) is 0 Å². The van der Waals surface area contributed by atoms with Crippen molar-refractivity contribution in [2.45, 2.75) is 89.7 Å². The van der Waals surface area contributed by atoms with Crippen molar-refractivity contribution >= 4 is 98.2 Å². The third-order valence-electron chi connectivity index (χ3n) is 13.2. The molecule has 7 unspecified atom stereocenters. The number of carbonyl (C=O) groups excluding carboxylic acids is 6. The number of rotatable bonds is 13. The zero-order valence-electron chi connectivity index (χ0n) is 55.3. The van der Waals surface area contributed by atoms with Gasteiger partial charge in [0.25, 0.3) is 0 Å². The van der Waals surface area contributed by atoms with E-state index in [1.54, 1.807) is 117 Å². The molecule has 7 atom stereocenters. The Hall–Kier alpha value is -8.71. The zero-order chi connectivity index (χ0) is 77.1. The molecule has 0 spiro atoms. The van der Waals surface area contributed by atoms with Gasteiger partial charge in [0.2, 0.25) is 36.6 Å². The Kier molecular flexibility index (Phi) is 29.1. The van der Waals surface area contributed by atoms with Gasteiger partial charge in [-0.3, -0.25) is 0 Å². The van der Waals surface area contributed by atoms with Gasteiger partial charge in [0.15, 0.2) is 11.6 Å². The maximum atomic E-state index is 13.1. The lowest BCUT2D eigenvalue weighted by molar-refractivity contribution is -0.156. The molecule has 6 aromatic carbocycles. The summed E-state index contributed by atoms with van der Waals surface area (Å²) in [7, 11) is -24.4. The predicted molar refractivity (Wildman–Crippen MR) is 348 cm³/mol. The molecule has 6 heterocycles. The normalized spacial score (nSPS) is 22.5. The van der Waals surface area contributed by atoms with E-state index >= 15 is 0 Å². The van der Waals surface area contributed by atoms with Gasteiger partial charge in [-0.1, -0.05) is 129 Å². The lowest BCUT2D eigenvalue weighted by atomic mass is 9.87. The van der Waals surface area contributed by atoms with E-state index in [2.05, 4.69) is 75.7 Å². The number of hydrogen-bond acceptors (Lipinski definition) is 36. The Morgan fingerprint density at radius 2 is 0.648 bits per heavy atom. The highest BCUT2D eigenvalue weighted by molar-refractivity contribution is 7.83. The highest BCUT2D eigenvalue weighted by Crippen LogP contribution is 2.28. The molecule has 43 heteroatoms. The Labute approximate surface area is 601 Å². The minimum absolute atomic E-state index is 0.000971. The summed E-state index contributed by atoms with van der Waals surface area (Å²) in [5.41, 5.74) is 3.70. The van der Waals surface area contributed by atoms with Crippen molar-refractivity contribution in [3.8, 4) is 28.7 Å². The van der Waals surface area contributed by atoms with Crippen LogP contribution in [0.3, 0.4) is 0 Å². The molecule has 570 valence electrons. The van der Waals surface area contributed by atoms with Gasteiger partial charge in [-0.2, -0.15) is 50.5 Å². The van der Waals surface area contributed by atoms with Gasteiger partial charge in [-0.25, -0.2) is 83.4 Å². The maximum absolute atomic E-state index is 13.1. The molecule has 12 rings (SSSR count). The molecule has 0 saturated carbocycles. The van der Waals surface area contributed by atoms with Crippen LogP contribution in [0.25, 0.3) is 0 Å². The maximum Gasteiger partial charge on any atom is 0.400 e. The zero-order valence-corrected chi connectivity index (χ0v) is 60.2. The molecule has 0 aromatic heterocycles. The summed E-state index contributed by atoms with van der Waals surface area (Å²) < 4.78 is 224. The lowest BCUT2D eigenvalue weighted by Gasteiger charge is -2.19. The smallest absolute Gasteiger partial charge is 0.400 e. The van der Waals surface area contributed by atoms with Gasteiger partial charge in [-0.05, 0) is 97.5 Å². The van der Waals surface area contributed by atoms with Crippen LogP contribution in [-0.4, -0.2) is 163 Å². The Morgan fingerprint density at radius 3 is 0.981 bits per heavy atom. The number of benzene rings is 6. The number of halogens is 1. The van der Waals surface area contributed by atoms with Gasteiger partial charge in [0.05, 0.1) is 0 Å². The van der Waals surface area contributed by atoms with E-state index < -0.39 is 153 Å². The van der Waals surface area contributed by atoms with Crippen molar-refractivity contribution in [2.24, 2.45) is 0 Å². The van der Waals surface area contributed by atoms with Crippen LogP contribution in [0.1, 0.15) is 56.1 Å². The van der Waals surface area contributed by atoms with E-state index in [1.165, 1.54) is 18.2 Å². The van der Waals surface area contributed by atoms with Crippen LogP contribution >= 0.6 is 0 Å². The minimum atomic E-state index is -4.14. The topological polar surface area (TPSA) is 473 Å². The standard InChI is InChI=1S/C13H16O6S.C11H12O6S.2C10H10O6S.C9H7FO6S.C9H8O6S/c1-13(2,3)9-4-6-10(7-5-9)18-12(14)11-8-17-20(15,16)19-11;1-8(9-5-3-2-4-6-9)16-11(12)10-7-15-18(13,14)17-10;1-7-2-4-8(5-3-7)15-10(11)9-6-14-17(12,13)16-9;1-7-4-2-3-5-8(7)15-10(11)9-6-14-17(12,13)16-9;10-6-3-1-2-4-7(6)15-9(11)8-5-14-17(12,13)16-8;10-9(8-6-13-16(11,12)15-8)14-7-4-2-1-3-5-7/h4-7,11H,8H2,1-3H3;2-6,8,10H,7H2,1H3;2*2-5,9H,6H2,1H3;1-4,8H,5H2;1-5,8H,6H2. The monoisotopic (exact) mass is 1590 g/mol. The van der Waals surface area contributed by atoms with E-state index in [4.69, 9.17) is 23.7 Å². The van der Waals surface area contributed by atoms with Crippen LogP contribution in [-0.2, 0) is 152 Å². The summed E-state index contributed by atoms with van der Waals surface area (Å²) in [5.74, 6) is -4.66.